The molecule has 0 amide bonds. The van der Waals surface area contributed by atoms with E-state index in [-0.39, 0.29) is 0 Å². The van der Waals surface area contributed by atoms with Gasteiger partial charge in [-0.2, -0.15) is 0 Å². The molecule has 78 heavy (non-hydrogen) atoms. The Morgan fingerprint density at radius 1 is 0.179 bits per heavy atom. The normalized spacial score (nSPS) is 13.6. The van der Waals surface area contributed by atoms with E-state index in [1.165, 1.54) is 140 Å². The second-order valence-corrected chi connectivity index (χ2v) is 28.8. The summed E-state index contributed by atoms with van der Waals surface area (Å²) >= 11 is 0. The summed E-state index contributed by atoms with van der Waals surface area (Å²) in [5.41, 5.74) is 12.9. The molecule has 16 rings (SSSR count). The van der Waals surface area contributed by atoms with Gasteiger partial charge in [-0.1, -0.05) is 279 Å². The van der Waals surface area contributed by atoms with Gasteiger partial charge in [0.25, 0.3) is 0 Å². The van der Waals surface area contributed by atoms with Gasteiger partial charge in [-0.3, -0.25) is 0 Å². The first-order chi connectivity index (χ1) is 38.7. The Hall–Kier alpha value is -9.45. The number of rotatable bonds is 7. The smallest absolute Gasteiger partial charge is 0.0623 e. The Balaban J connectivity index is 1.01. The number of hydrogen-bond donors (Lipinski definition) is 0. The third-order valence-electron chi connectivity index (χ3n) is 17.6. The lowest BCUT2D eigenvalue weighted by Gasteiger charge is -2.31. The Bertz CT molecular complexity index is 4400. The lowest BCUT2D eigenvalue weighted by molar-refractivity contribution is 1.64. The molecule has 0 aliphatic carbocycles. The molecule has 2 aliphatic heterocycles. The van der Waals surface area contributed by atoms with E-state index in [1.807, 2.05) is 0 Å². The molecular formula is C76H50Si2. The highest BCUT2D eigenvalue weighted by atomic mass is 28.3. The summed E-state index contributed by atoms with van der Waals surface area (Å²) < 4.78 is 0. The fourth-order valence-corrected chi connectivity index (χ4v) is 24.9. The van der Waals surface area contributed by atoms with Crippen molar-refractivity contribution in [1.29, 1.82) is 0 Å². The molecule has 0 bridgehead atoms. The van der Waals surface area contributed by atoms with E-state index in [4.69, 9.17) is 0 Å². The molecule has 0 spiro atoms. The average molecular weight is 1020 g/mol. The van der Waals surface area contributed by atoms with Crippen LogP contribution in [0.5, 0.6) is 0 Å². The molecule has 0 aromatic heterocycles. The van der Waals surface area contributed by atoms with Gasteiger partial charge in [0.05, 0.1) is 0 Å². The van der Waals surface area contributed by atoms with Gasteiger partial charge in [-0.05, 0) is 164 Å². The molecular weight excluding hydrogens is 969 g/mol. The van der Waals surface area contributed by atoms with Gasteiger partial charge in [0.2, 0.25) is 0 Å². The summed E-state index contributed by atoms with van der Waals surface area (Å²) in [6, 6.07) is 116. The summed E-state index contributed by atoms with van der Waals surface area (Å²) in [5.74, 6) is 0. The number of hydrogen-bond acceptors (Lipinski definition) is 0. The van der Waals surface area contributed by atoms with Crippen LogP contribution in [0.4, 0.5) is 0 Å². The fraction of sp³-hybridized carbons (Fsp3) is 0. The summed E-state index contributed by atoms with van der Waals surface area (Å²) in [6.07, 6.45) is 0. The van der Waals surface area contributed by atoms with Crippen molar-refractivity contribution in [3.05, 3.63) is 303 Å². The fourth-order valence-electron chi connectivity index (χ4n) is 14.5. The molecule has 0 nitrogen and oxygen atoms in total. The number of benzene rings is 14. The zero-order valence-corrected chi connectivity index (χ0v) is 44.9. The van der Waals surface area contributed by atoms with Gasteiger partial charge in [0, 0.05) is 0 Å². The molecule has 14 aromatic rings. The van der Waals surface area contributed by atoms with Crippen molar-refractivity contribution < 1.29 is 0 Å². The maximum absolute atomic E-state index is 2.76. The first-order valence-corrected chi connectivity index (χ1v) is 31.3. The molecule has 362 valence electrons. The predicted molar refractivity (Wildman–Crippen MR) is 338 cm³/mol. The highest BCUT2D eigenvalue weighted by Gasteiger charge is 2.51. The summed E-state index contributed by atoms with van der Waals surface area (Å²) in [4.78, 5) is 0. The third-order valence-corrected chi connectivity index (χ3v) is 27.3. The molecule has 0 radical (unpaired) electrons. The van der Waals surface area contributed by atoms with Crippen molar-refractivity contribution in [1.82, 2.24) is 0 Å². The van der Waals surface area contributed by atoms with Crippen LogP contribution in [0.2, 0.25) is 0 Å². The SMILES string of the molecule is c1ccc([Si]2(c3ccccc3)c3ccccc3-c3c(-c4cccc5c(-c6ccc7cc8ccccc8cc7c6)c6cccc(-c7cccc8c7-c7ccccc7[Si]8(c7ccccc7)c7ccccc7)c6cc45)cccc32)cc1. The topological polar surface area (TPSA) is 0 Å². The Morgan fingerprint density at radius 3 is 0.987 bits per heavy atom. The molecule has 14 aromatic carbocycles. The number of fused-ring (bicyclic) bond motifs is 10. The van der Waals surface area contributed by atoms with E-state index >= 15 is 0 Å². The van der Waals surface area contributed by atoms with Gasteiger partial charge in [0.1, 0.15) is 0 Å². The third kappa shape index (κ3) is 6.33. The maximum atomic E-state index is 2.56. The molecule has 2 aliphatic rings. The van der Waals surface area contributed by atoms with E-state index in [0.717, 1.165) is 0 Å². The molecule has 0 fully saturated rings. The van der Waals surface area contributed by atoms with E-state index in [0.29, 0.717) is 0 Å². The van der Waals surface area contributed by atoms with Crippen molar-refractivity contribution in [3.8, 4) is 55.6 Å². The van der Waals surface area contributed by atoms with Gasteiger partial charge in [0.15, 0.2) is 16.1 Å². The van der Waals surface area contributed by atoms with Crippen LogP contribution >= 0.6 is 0 Å². The van der Waals surface area contributed by atoms with Gasteiger partial charge < -0.3 is 0 Å². The maximum Gasteiger partial charge on any atom is 0.180 e. The van der Waals surface area contributed by atoms with Crippen molar-refractivity contribution in [3.63, 3.8) is 0 Å². The quantitative estimate of drug-likeness (QED) is 0.110. The average Bonchev–Trinajstić information content (AvgIpc) is 4.20. The van der Waals surface area contributed by atoms with Crippen LogP contribution in [0, 0.1) is 0 Å². The predicted octanol–water partition coefficient (Wildman–Crippen LogP) is 14.0. The van der Waals surface area contributed by atoms with Crippen LogP contribution in [0.15, 0.2) is 303 Å². The lowest BCUT2D eigenvalue weighted by Crippen LogP contribution is -2.72. The molecule has 0 saturated carbocycles. The first kappa shape index (κ1) is 44.8. The lowest BCUT2D eigenvalue weighted by atomic mass is 9.84. The molecule has 0 unspecified atom stereocenters. The van der Waals surface area contributed by atoms with Gasteiger partial charge in [-0.15, -0.1) is 0 Å². The minimum Gasteiger partial charge on any atom is -0.0623 e. The highest BCUT2D eigenvalue weighted by Crippen LogP contribution is 2.48. The van der Waals surface area contributed by atoms with Crippen LogP contribution in [0.25, 0.3) is 98.7 Å². The molecule has 2 heteroatoms. The Kier molecular flexibility index (Phi) is 10.1. The highest BCUT2D eigenvalue weighted by molar-refractivity contribution is 7.23. The van der Waals surface area contributed by atoms with Crippen LogP contribution in [0.1, 0.15) is 0 Å². The van der Waals surface area contributed by atoms with E-state index in [2.05, 4.69) is 303 Å². The van der Waals surface area contributed by atoms with E-state index in [9.17, 15) is 0 Å². The van der Waals surface area contributed by atoms with Crippen LogP contribution in [0.3, 0.4) is 0 Å². The second kappa shape index (κ2) is 17.6. The minimum absolute atomic E-state index is 1.22. The zero-order chi connectivity index (χ0) is 51.4. The monoisotopic (exact) mass is 1020 g/mol. The van der Waals surface area contributed by atoms with E-state index in [1.54, 1.807) is 0 Å². The van der Waals surface area contributed by atoms with Crippen molar-refractivity contribution in [2.24, 2.45) is 0 Å². The summed E-state index contributed by atoms with van der Waals surface area (Å²) in [5, 5.41) is 21.4. The summed E-state index contributed by atoms with van der Waals surface area (Å²) in [7, 11) is -5.52. The second-order valence-electron chi connectivity index (χ2n) is 21.3. The van der Waals surface area contributed by atoms with Gasteiger partial charge in [-0.25, -0.2) is 0 Å². The molecule has 0 atom stereocenters. The largest absolute Gasteiger partial charge is 0.180 e. The summed E-state index contributed by atoms with van der Waals surface area (Å²) in [6.45, 7) is 0. The van der Waals surface area contributed by atoms with E-state index < -0.39 is 16.1 Å². The molecule has 0 saturated heterocycles. The van der Waals surface area contributed by atoms with Crippen molar-refractivity contribution >= 4 is 101 Å². The Labute approximate surface area is 456 Å². The minimum atomic E-state index is -2.76. The Morgan fingerprint density at radius 2 is 0.526 bits per heavy atom. The van der Waals surface area contributed by atoms with Crippen LogP contribution in [-0.2, 0) is 0 Å². The molecule has 0 N–H and O–H groups in total. The van der Waals surface area contributed by atoms with Crippen molar-refractivity contribution in [2.75, 3.05) is 0 Å². The zero-order valence-electron chi connectivity index (χ0n) is 42.9. The molecule has 2 heterocycles. The van der Waals surface area contributed by atoms with Crippen LogP contribution < -0.4 is 41.5 Å². The standard InChI is InChI=1S/C76H50Si2/c1-5-25-56(26-6-1)77(57-27-7-2-8-28-57)70-41-17-15-33-66(70)75-62(39-21-43-72(75)77)60-35-19-37-64-68(60)50-69-61(36-20-38-65(69)74(64)54-46-45-53-47-51-23-13-14-24-52(51)48-55(53)49-54)63-40-22-44-73-76(63)67-34-16-18-42-71(67)78(73,58-29-9-3-10-30-58)59-31-11-4-12-32-59/h1-50H. The van der Waals surface area contributed by atoms with Crippen LogP contribution in [-0.4, -0.2) is 16.1 Å². The van der Waals surface area contributed by atoms with Gasteiger partial charge >= 0.3 is 0 Å². The first-order valence-electron chi connectivity index (χ1n) is 27.3. The van der Waals surface area contributed by atoms with Crippen molar-refractivity contribution in [2.45, 2.75) is 0 Å².